The van der Waals surface area contributed by atoms with Gasteiger partial charge in [0.25, 0.3) is 0 Å². The summed E-state index contributed by atoms with van der Waals surface area (Å²) in [6, 6.07) is 2.00. The summed E-state index contributed by atoms with van der Waals surface area (Å²) in [4.78, 5) is 10.5. The first-order chi connectivity index (χ1) is 9.65. The molecular formula is C14H17Br2N3S. The molecule has 0 spiro atoms. The largest absolute Gasteiger partial charge is 0.312 e. The molecule has 2 rings (SSSR count). The topological polar surface area (TPSA) is 37.8 Å². The second-order valence-electron chi connectivity index (χ2n) is 4.40. The molecule has 2 heterocycles. The molecule has 0 aromatic carbocycles. The van der Waals surface area contributed by atoms with Crippen molar-refractivity contribution in [2.24, 2.45) is 0 Å². The van der Waals surface area contributed by atoms with E-state index in [0.717, 1.165) is 45.6 Å². The predicted octanol–water partition coefficient (Wildman–Crippen LogP) is 4.79. The average molecular weight is 419 g/mol. The van der Waals surface area contributed by atoms with E-state index in [2.05, 4.69) is 56.0 Å². The van der Waals surface area contributed by atoms with E-state index in [1.807, 2.05) is 12.3 Å². The number of aryl methyl sites for hydroxylation is 1. The smallest absolute Gasteiger partial charge is 0.143 e. The van der Waals surface area contributed by atoms with Crippen LogP contribution in [0.15, 0.2) is 21.2 Å². The Balaban J connectivity index is 2.28. The molecule has 2 aromatic heterocycles. The van der Waals surface area contributed by atoms with Crippen molar-refractivity contribution < 1.29 is 0 Å². The van der Waals surface area contributed by atoms with Gasteiger partial charge in [-0.25, -0.2) is 4.98 Å². The lowest BCUT2D eigenvalue weighted by Crippen LogP contribution is -2.13. The molecule has 2 aromatic rings. The predicted molar refractivity (Wildman–Crippen MR) is 92.1 cm³/mol. The Bertz CT molecular complexity index is 584. The van der Waals surface area contributed by atoms with Crippen LogP contribution in [0.4, 0.5) is 0 Å². The molecule has 0 amide bonds. The third kappa shape index (κ3) is 3.87. The molecule has 3 nitrogen and oxygen atoms in total. The highest BCUT2D eigenvalue weighted by Crippen LogP contribution is 2.33. The van der Waals surface area contributed by atoms with Crippen LogP contribution in [0.5, 0.6) is 0 Å². The van der Waals surface area contributed by atoms with Crippen molar-refractivity contribution in [1.82, 2.24) is 15.3 Å². The van der Waals surface area contributed by atoms with Crippen LogP contribution in [0.2, 0.25) is 0 Å². The maximum atomic E-state index is 4.74. The fourth-order valence-electron chi connectivity index (χ4n) is 1.85. The van der Waals surface area contributed by atoms with Crippen LogP contribution in [-0.2, 0) is 13.0 Å². The highest BCUT2D eigenvalue weighted by molar-refractivity contribution is 9.11. The highest BCUT2D eigenvalue weighted by Gasteiger charge is 2.14. The van der Waals surface area contributed by atoms with Gasteiger partial charge in [-0.3, -0.25) is 4.98 Å². The van der Waals surface area contributed by atoms with Crippen LogP contribution in [0.1, 0.15) is 30.8 Å². The average Bonchev–Trinajstić information content (AvgIpc) is 2.82. The molecule has 0 bridgehead atoms. The van der Waals surface area contributed by atoms with E-state index in [1.165, 1.54) is 10.6 Å². The number of pyridine rings is 1. The molecule has 0 aliphatic heterocycles. The van der Waals surface area contributed by atoms with Gasteiger partial charge in [-0.1, -0.05) is 13.8 Å². The zero-order valence-electron chi connectivity index (χ0n) is 11.5. The summed E-state index contributed by atoms with van der Waals surface area (Å²) >= 11 is 8.71. The third-order valence-electron chi connectivity index (χ3n) is 2.84. The van der Waals surface area contributed by atoms with Gasteiger partial charge in [-0.15, -0.1) is 11.3 Å². The van der Waals surface area contributed by atoms with Gasteiger partial charge in [0, 0.05) is 26.6 Å². The second kappa shape index (κ2) is 7.64. The maximum Gasteiger partial charge on any atom is 0.143 e. The molecule has 1 N–H and O–H groups in total. The van der Waals surface area contributed by atoms with Gasteiger partial charge in [0.15, 0.2) is 0 Å². The number of rotatable bonds is 6. The van der Waals surface area contributed by atoms with Gasteiger partial charge in [-0.05, 0) is 57.3 Å². The van der Waals surface area contributed by atoms with Gasteiger partial charge in [0.1, 0.15) is 10.7 Å². The summed E-state index contributed by atoms with van der Waals surface area (Å²) < 4.78 is 1.93. The second-order valence-corrected chi connectivity index (χ2v) is 7.26. The quantitative estimate of drug-likeness (QED) is 0.685. The normalized spacial score (nSPS) is 11.0. The van der Waals surface area contributed by atoms with Crippen LogP contribution < -0.4 is 5.32 Å². The monoisotopic (exact) mass is 417 g/mol. The van der Waals surface area contributed by atoms with Crippen molar-refractivity contribution in [3.8, 4) is 10.7 Å². The van der Waals surface area contributed by atoms with E-state index in [0.29, 0.717) is 0 Å². The van der Waals surface area contributed by atoms with Crippen molar-refractivity contribution in [3.63, 3.8) is 0 Å². The standard InChI is InChI=1S/C14H17Br2N3S/c1-3-5-17-8-12-11(4-2)19-14(20-12)13-10(16)6-9(15)7-18-13/h6-7,17H,3-5,8H2,1-2H3. The van der Waals surface area contributed by atoms with Gasteiger partial charge in [0.2, 0.25) is 0 Å². The van der Waals surface area contributed by atoms with E-state index in [9.17, 15) is 0 Å². The summed E-state index contributed by atoms with van der Waals surface area (Å²) in [5.41, 5.74) is 2.08. The van der Waals surface area contributed by atoms with Crippen molar-refractivity contribution >= 4 is 43.2 Å². The first kappa shape index (κ1) is 16.1. The van der Waals surface area contributed by atoms with E-state index < -0.39 is 0 Å². The molecule has 0 aliphatic carbocycles. The lowest BCUT2D eigenvalue weighted by atomic mass is 10.3. The molecular weight excluding hydrogens is 402 g/mol. The minimum absolute atomic E-state index is 0.892. The van der Waals surface area contributed by atoms with Gasteiger partial charge in [-0.2, -0.15) is 0 Å². The van der Waals surface area contributed by atoms with Crippen LogP contribution in [0, 0.1) is 0 Å². The van der Waals surface area contributed by atoms with Crippen molar-refractivity contribution in [2.75, 3.05) is 6.54 Å². The number of nitrogens with zero attached hydrogens (tertiary/aromatic N) is 2. The summed E-state index contributed by atoms with van der Waals surface area (Å²) in [5.74, 6) is 0. The number of aromatic nitrogens is 2. The molecule has 0 fully saturated rings. The Morgan fingerprint density at radius 3 is 2.75 bits per heavy atom. The van der Waals surface area contributed by atoms with E-state index in [4.69, 9.17) is 4.98 Å². The summed E-state index contributed by atoms with van der Waals surface area (Å²) in [6.45, 7) is 6.25. The minimum Gasteiger partial charge on any atom is -0.312 e. The van der Waals surface area contributed by atoms with Gasteiger partial charge >= 0.3 is 0 Å². The zero-order chi connectivity index (χ0) is 14.5. The van der Waals surface area contributed by atoms with Crippen LogP contribution in [-0.4, -0.2) is 16.5 Å². The third-order valence-corrected chi connectivity index (χ3v) is 4.98. The molecule has 108 valence electrons. The Hall–Kier alpha value is -0.300. The lowest BCUT2D eigenvalue weighted by Gasteiger charge is -2.01. The minimum atomic E-state index is 0.892. The number of hydrogen-bond acceptors (Lipinski definition) is 4. The van der Waals surface area contributed by atoms with Crippen molar-refractivity contribution in [1.29, 1.82) is 0 Å². The first-order valence-corrected chi connectivity index (χ1v) is 9.06. The van der Waals surface area contributed by atoms with Crippen molar-refractivity contribution in [3.05, 3.63) is 31.8 Å². The van der Waals surface area contributed by atoms with E-state index in [1.54, 1.807) is 11.3 Å². The van der Waals surface area contributed by atoms with Crippen LogP contribution in [0.3, 0.4) is 0 Å². The van der Waals surface area contributed by atoms with Crippen LogP contribution >= 0.6 is 43.2 Å². The summed E-state index contributed by atoms with van der Waals surface area (Å²) in [5, 5.41) is 4.43. The Morgan fingerprint density at radius 2 is 2.10 bits per heavy atom. The van der Waals surface area contributed by atoms with Crippen LogP contribution in [0.25, 0.3) is 10.7 Å². The maximum absolute atomic E-state index is 4.74. The molecule has 0 saturated heterocycles. The molecule has 0 aliphatic rings. The zero-order valence-corrected chi connectivity index (χ0v) is 15.5. The number of nitrogens with one attached hydrogen (secondary N) is 1. The summed E-state index contributed by atoms with van der Waals surface area (Å²) in [7, 11) is 0. The molecule has 0 saturated carbocycles. The number of thiazole rings is 1. The highest BCUT2D eigenvalue weighted by atomic mass is 79.9. The van der Waals surface area contributed by atoms with Crippen molar-refractivity contribution in [2.45, 2.75) is 33.2 Å². The van der Waals surface area contributed by atoms with E-state index >= 15 is 0 Å². The SMILES string of the molecule is CCCNCc1sc(-c2ncc(Br)cc2Br)nc1CC. The Kier molecular flexibility index (Phi) is 6.14. The molecule has 0 unspecified atom stereocenters. The fraction of sp³-hybridized carbons (Fsp3) is 0.429. The molecule has 6 heteroatoms. The summed E-state index contributed by atoms with van der Waals surface area (Å²) in [6.07, 6.45) is 3.91. The molecule has 0 atom stereocenters. The van der Waals surface area contributed by atoms with Gasteiger partial charge in [0.05, 0.1) is 5.69 Å². The number of hydrogen-bond donors (Lipinski definition) is 1. The van der Waals surface area contributed by atoms with E-state index in [-0.39, 0.29) is 0 Å². The number of halogens is 2. The lowest BCUT2D eigenvalue weighted by molar-refractivity contribution is 0.677. The Morgan fingerprint density at radius 1 is 1.30 bits per heavy atom. The molecule has 20 heavy (non-hydrogen) atoms. The first-order valence-electron chi connectivity index (χ1n) is 6.66. The van der Waals surface area contributed by atoms with Gasteiger partial charge < -0.3 is 5.32 Å². The molecule has 0 radical (unpaired) electrons. The Labute approximate surface area is 140 Å². The fourth-order valence-corrected chi connectivity index (χ4v) is 4.29.